The maximum atomic E-state index is 12.7. The molecule has 2 rings (SSSR count). The topological polar surface area (TPSA) is 46.2 Å². The summed E-state index contributed by atoms with van der Waals surface area (Å²) in [6.45, 7) is 7.79. The summed E-state index contributed by atoms with van der Waals surface area (Å²) in [5.74, 6) is 0. The number of carbonyl (C=O) groups is 1. The lowest BCUT2D eigenvalue weighted by molar-refractivity contribution is 0.112. The predicted molar refractivity (Wildman–Crippen MR) is 101 cm³/mol. The van der Waals surface area contributed by atoms with Gasteiger partial charge in [0, 0.05) is 4.47 Å². The van der Waals surface area contributed by atoms with Crippen molar-refractivity contribution in [2.24, 2.45) is 0 Å². The van der Waals surface area contributed by atoms with Crippen molar-refractivity contribution in [2.45, 2.75) is 38.0 Å². The largest absolute Gasteiger partial charge is 0.297 e. The summed E-state index contributed by atoms with van der Waals surface area (Å²) in [4.78, 5) is 11.7. The Morgan fingerprint density at radius 3 is 2.39 bits per heavy atom. The van der Waals surface area contributed by atoms with Crippen molar-refractivity contribution in [3.63, 3.8) is 0 Å². The van der Waals surface area contributed by atoms with E-state index in [0.29, 0.717) is 4.88 Å². The fraction of sp³-hybridized carbons (Fsp3) is 0.353. The first-order valence-corrected chi connectivity index (χ1v) is 9.99. The van der Waals surface area contributed by atoms with Crippen molar-refractivity contribution in [1.29, 1.82) is 0 Å². The van der Waals surface area contributed by atoms with Gasteiger partial charge in [0.15, 0.2) is 6.29 Å². The molecule has 1 heterocycles. The lowest BCUT2D eigenvalue weighted by atomic mass is 9.87. The Balaban J connectivity index is 2.54. The molecule has 1 aromatic heterocycles. The highest BCUT2D eigenvalue weighted by atomic mass is 79.9. The van der Waals surface area contributed by atoms with Gasteiger partial charge in [-0.05, 0) is 62.4 Å². The van der Waals surface area contributed by atoms with Crippen molar-refractivity contribution in [2.75, 3.05) is 0 Å². The number of carbonyl (C=O) groups excluding carboxylic acids is 1. The van der Waals surface area contributed by atoms with E-state index in [1.165, 1.54) is 11.3 Å². The molecule has 0 fully saturated rings. The van der Waals surface area contributed by atoms with Crippen LogP contribution < -0.4 is 4.72 Å². The van der Waals surface area contributed by atoms with Crippen molar-refractivity contribution < 1.29 is 9.00 Å². The molecule has 0 bridgehead atoms. The van der Waals surface area contributed by atoms with Crippen LogP contribution >= 0.6 is 27.3 Å². The van der Waals surface area contributed by atoms with E-state index in [1.807, 2.05) is 63.4 Å². The lowest BCUT2D eigenvalue weighted by Crippen LogP contribution is -2.46. The monoisotopic (exact) mass is 413 g/mol. The lowest BCUT2D eigenvalue weighted by Gasteiger charge is -2.33. The average molecular weight is 414 g/mol. The van der Waals surface area contributed by atoms with Crippen LogP contribution in [-0.2, 0) is 16.5 Å². The molecule has 2 unspecified atom stereocenters. The minimum absolute atomic E-state index is 0.392. The third-order valence-corrected chi connectivity index (χ3v) is 6.63. The minimum atomic E-state index is -1.26. The van der Waals surface area contributed by atoms with Gasteiger partial charge in [0.2, 0.25) is 0 Å². The van der Waals surface area contributed by atoms with Crippen LogP contribution in [0.1, 0.15) is 48.5 Å². The van der Waals surface area contributed by atoms with Crippen LogP contribution in [0.5, 0.6) is 0 Å². The van der Waals surface area contributed by atoms with Gasteiger partial charge in [0.1, 0.15) is 0 Å². The Hall–Kier alpha value is -0.820. The van der Waals surface area contributed by atoms with Gasteiger partial charge in [-0.15, -0.1) is 11.3 Å². The third kappa shape index (κ3) is 4.18. The van der Waals surface area contributed by atoms with Crippen molar-refractivity contribution in [1.82, 2.24) is 4.72 Å². The average Bonchev–Trinajstić information content (AvgIpc) is 2.95. The Morgan fingerprint density at radius 2 is 1.87 bits per heavy atom. The number of hydrogen-bond donors (Lipinski definition) is 1. The van der Waals surface area contributed by atoms with Crippen LogP contribution in [0.3, 0.4) is 0 Å². The third-order valence-electron chi connectivity index (χ3n) is 3.57. The van der Waals surface area contributed by atoms with Gasteiger partial charge in [-0.3, -0.25) is 4.79 Å². The van der Waals surface area contributed by atoms with Gasteiger partial charge >= 0.3 is 0 Å². The van der Waals surface area contributed by atoms with Crippen molar-refractivity contribution >= 4 is 44.5 Å². The zero-order valence-electron chi connectivity index (χ0n) is 13.6. The summed E-state index contributed by atoms with van der Waals surface area (Å²) < 4.78 is 16.5. The molecule has 0 aliphatic rings. The Labute approximate surface area is 152 Å². The maximum Gasteiger partial charge on any atom is 0.160 e. The molecule has 124 valence electrons. The van der Waals surface area contributed by atoms with E-state index in [1.54, 1.807) is 0 Å². The van der Waals surface area contributed by atoms with E-state index in [9.17, 15) is 9.00 Å². The highest BCUT2D eigenvalue weighted by Gasteiger charge is 2.35. The van der Waals surface area contributed by atoms with Crippen LogP contribution in [0, 0.1) is 0 Å². The quantitative estimate of drug-likeness (QED) is 0.725. The molecule has 2 aromatic rings. The van der Waals surface area contributed by atoms with E-state index in [0.717, 1.165) is 21.9 Å². The Morgan fingerprint density at radius 1 is 1.17 bits per heavy atom. The second-order valence-electron chi connectivity index (χ2n) is 6.47. The standard InChI is InChI=1S/C17H20BrNO2S2/c1-16(2,3)23(21)19-17(4,12-6-5-7-14(18)8-12)13-9-15(10-20)22-11-13/h5-11,19H,1-4H3. The van der Waals surface area contributed by atoms with E-state index >= 15 is 0 Å². The molecule has 0 radical (unpaired) electrons. The van der Waals surface area contributed by atoms with Gasteiger partial charge in [-0.2, -0.15) is 0 Å². The predicted octanol–water partition coefficient (Wildman–Crippen LogP) is 4.64. The SMILES string of the molecule is CC(NS(=O)C(C)(C)C)(c1cccc(Br)c1)c1csc(C=O)c1. The van der Waals surface area contributed by atoms with Gasteiger partial charge in [-0.25, -0.2) is 8.93 Å². The van der Waals surface area contributed by atoms with Crippen molar-refractivity contribution in [3.05, 3.63) is 56.2 Å². The fourth-order valence-corrected chi connectivity index (χ4v) is 4.23. The molecule has 0 aliphatic carbocycles. The maximum absolute atomic E-state index is 12.7. The van der Waals surface area contributed by atoms with Crippen LogP contribution in [0.4, 0.5) is 0 Å². The molecule has 2 atom stereocenters. The Kier molecular flexibility index (Phi) is 5.61. The second-order valence-corrected chi connectivity index (χ2v) is 10.3. The molecule has 1 aromatic carbocycles. The number of benzene rings is 1. The molecular weight excluding hydrogens is 394 g/mol. The minimum Gasteiger partial charge on any atom is -0.297 e. The summed E-state index contributed by atoms with van der Waals surface area (Å²) >= 11 is 4.89. The number of rotatable bonds is 5. The molecular formula is C17H20BrNO2S2. The van der Waals surface area contributed by atoms with Crippen LogP contribution in [0.2, 0.25) is 0 Å². The molecule has 0 amide bonds. The summed E-state index contributed by atoms with van der Waals surface area (Å²) in [5.41, 5.74) is 1.26. The van der Waals surface area contributed by atoms with E-state index in [4.69, 9.17) is 0 Å². The number of halogens is 1. The molecule has 3 nitrogen and oxygen atoms in total. The fourth-order valence-electron chi connectivity index (χ4n) is 2.10. The van der Waals surface area contributed by atoms with E-state index in [2.05, 4.69) is 20.7 Å². The van der Waals surface area contributed by atoms with Crippen LogP contribution in [-0.4, -0.2) is 15.2 Å². The second kappa shape index (κ2) is 6.97. The molecule has 0 spiro atoms. The van der Waals surface area contributed by atoms with Gasteiger partial charge in [0.25, 0.3) is 0 Å². The first-order chi connectivity index (χ1) is 10.7. The summed E-state index contributed by atoms with van der Waals surface area (Å²) in [6.07, 6.45) is 0.843. The highest BCUT2D eigenvalue weighted by molar-refractivity contribution is 9.10. The number of aldehydes is 1. The first kappa shape index (κ1) is 18.5. The van der Waals surface area contributed by atoms with Crippen LogP contribution in [0.15, 0.2) is 40.2 Å². The summed E-state index contributed by atoms with van der Waals surface area (Å²) in [6, 6.07) is 9.76. The molecule has 6 heteroatoms. The number of nitrogens with one attached hydrogen (secondary N) is 1. The molecule has 23 heavy (non-hydrogen) atoms. The zero-order chi connectivity index (χ0) is 17.3. The normalized spacial score (nSPS) is 15.9. The number of hydrogen-bond acceptors (Lipinski definition) is 3. The van der Waals surface area contributed by atoms with Crippen molar-refractivity contribution in [3.8, 4) is 0 Å². The first-order valence-electron chi connectivity index (χ1n) is 7.17. The number of thiophene rings is 1. The van der Waals surface area contributed by atoms with Gasteiger partial charge in [-0.1, -0.05) is 28.1 Å². The molecule has 1 N–H and O–H groups in total. The Bertz CT molecular complexity index is 736. The van der Waals surface area contributed by atoms with Crippen LogP contribution in [0.25, 0.3) is 0 Å². The van der Waals surface area contributed by atoms with E-state index < -0.39 is 21.3 Å². The highest BCUT2D eigenvalue weighted by Crippen LogP contribution is 2.34. The zero-order valence-corrected chi connectivity index (χ0v) is 16.8. The molecule has 0 saturated heterocycles. The summed E-state index contributed by atoms with van der Waals surface area (Å²) in [5, 5.41) is 1.94. The summed E-state index contributed by atoms with van der Waals surface area (Å²) in [7, 11) is -1.26. The smallest absolute Gasteiger partial charge is 0.160 e. The molecule has 0 aliphatic heterocycles. The van der Waals surface area contributed by atoms with E-state index in [-0.39, 0.29) is 0 Å². The van der Waals surface area contributed by atoms with Gasteiger partial charge in [0.05, 0.1) is 26.1 Å². The van der Waals surface area contributed by atoms with Gasteiger partial charge < -0.3 is 0 Å². The molecule has 0 saturated carbocycles.